The summed E-state index contributed by atoms with van der Waals surface area (Å²) in [5, 5.41) is 0. The van der Waals surface area contributed by atoms with E-state index in [0.29, 0.717) is 6.42 Å². The highest BCUT2D eigenvalue weighted by Gasteiger charge is 1.98. The molecule has 0 unspecified atom stereocenters. The molecule has 0 aliphatic heterocycles. The molecule has 0 atom stereocenters. The van der Waals surface area contributed by atoms with E-state index in [1.807, 2.05) is 0 Å². The van der Waals surface area contributed by atoms with E-state index >= 15 is 0 Å². The SMILES string of the molecule is CCCS(=O)(=O)O.CCS(=O)(=O)O. The van der Waals surface area contributed by atoms with Gasteiger partial charge in [-0.15, -0.1) is 0 Å². The Hall–Kier alpha value is -0.180. The van der Waals surface area contributed by atoms with Gasteiger partial charge >= 0.3 is 0 Å². The third kappa shape index (κ3) is 24.5. The Bertz CT molecular complexity index is 300. The van der Waals surface area contributed by atoms with Crippen LogP contribution < -0.4 is 0 Å². The van der Waals surface area contributed by atoms with Crippen LogP contribution in [0.1, 0.15) is 20.3 Å². The third-order valence-corrected chi connectivity index (χ3v) is 2.48. The molecule has 0 amide bonds. The summed E-state index contributed by atoms with van der Waals surface area (Å²) in [5.74, 6) is -0.333. The molecule has 8 heteroatoms. The Kier molecular flexibility index (Phi) is 7.41. The lowest BCUT2D eigenvalue weighted by Crippen LogP contribution is -2.01. The zero-order valence-corrected chi connectivity index (χ0v) is 9.10. The normalized spacial score (nSPS) is 11.7. The molecule has 0 aliphatic rings. The van der Waals surface area contributed by atoms with Crippen LogP contribution in [-0.2, 0) is 20.2 Å². The minimum atomic E-state index is -3.67. The highest BCUT2D eigenvalue weighted by Crippen LogP contribution is 1.83. The van der Waals surface area contributed by atoms with Gasteiger partial charge in [0.05, 0.1) is 11.5 Å². The summed E-state index contributed by atoms with van der Waals surface area (Å²) >= 11 is 0. The molecule has 13 heavy (non-hydrogen) atoms. The van der Waals surface area contributed by atoms with Crippen LogP contribution >= 0.6 is 0 Å². The second kappa shape index (κ2) is 6.30. The van der Waals surface area contributed by atoms with Crippen molar-refractivity contribution in [3.05, 3.63) is 0 Å². The van der Waals surface area contributed by atoms with Gasteiger partial charge in [-0.05, 0) is 13.3 Å². The summed E-state index contributed by atoms with van der Waals surface area (Å²) in [6, 6.07) is 0. The molecule has 0 saturated carbocycles. The zero-order chi connectivity index (χ0) is 11.1. The Balaban J connectivity index is 0. The van der Waals surface area contributed by atoms with Crippen LogP contribution in [0.3, 0.4) is 0 Å². The monoisotopic (exact) mass is 234 g/mol. The minimum absolute atomic E-state index is 0.132. The average molecular weight is 234 g/mol. The van der Waals surface area contributed by atoms with Crippen LogP contribution in [0.5, 0.6) is 0 Å². The maximum absolute atomic E-state index is 9.79. The van der Waals surface area contributed by atoms with Crippen molar-refractivity contribution >= 4 is 20.2 Å². The lowest BCUT2D eigenvalue weighted by atomic mass is 10.6. The highest BCUT2D eigenvalue weighted by atomic mass is 32.2. The molecule has 0 radical (unpaired) electrons. The van der Waals surface area contributed by atoms with Gasteiger partial charge in [0.2, 0.25) is 0 Å². The lowest BCUT2D eigenvalue weighted by molar-refractivity contribution is 0.481. The van der Waals surface area contributed by atoms with Crippen LogP contribution in [0.2, 0.25) is 0 Å². The topological polar surface area (TPSA) is 109 Å². The first-order chi connectivity index (χ1) is 5.62. The van der Waals surface area contributed by atoms with Gasteiger partial charge in [0, 0.05) is 0 Å². The summed E-state index contributed by atoms with van der Waals surface area (Å²) in [7, 11) is -7.34. The lowest BCUT2D eigenvalue weighted by Gasteiger charge is -1.85. The van der Waals surface area contributed by atoms with E-state index in [-0.39, 0.29) is 11.5 Å². The van der Waals surface area contributed by atoms with Crippen molar-refractivity contribution in [2.75, 3.05) is 11.5 Å². The van der Waals surface area contributed by atoms with Crippen molar-refractivity contribution in [1.82, 2.24) is 0 Å². The van der Waals surface area contributed by atoms with Crippen LogP contribution in [-0.4, -0.2) is 37.4 Å². The van der Waals surface area contributed by atoms with Crippen molar-refractivity contribution < 1.29 is 25.9 Å². The highest BCUT2D eigenvalue weighted by molar-refractivity contribution is 7.85. The molecule has 0 fully saturated rings. The molecule has 0 aromatic heterocycles. The fourth-order valence-corrected chi connectivity index (χ4v) is 0.774. The van der Waals surface area contributed by atoms with Crippen molar-refractivity contribution in [1.29, 1.82) is 0 Å². The second-order valence-corrected chi connectivity index (χ2v) is 5.47. The van der Waals surface area contributed by atoms with E-state index in [2.05, 4.69) is 0 Å². The maximum atomic E-state index is 9.79. The first-order valence-electron chi connectivity index (χ1n) is 3.52. The fraction of sp³-hybridized carbons (Fsp3) is 1.00. The van der Waals surface area contributed by atoms with Gasteiger partial charge in [0.15, 0.2) is 0 Å². The van der Waals surface area contributed by atoms with Gasteiger partial charge < -0.3 is 0 Å². The summed E-state index contributed by atoms with van der Waals surface area (Å²) < 4.78 is 54.5. The van der Waals surface area contributed by atoms with E-state index in [0.717, 1.165) is 0 Å². The van der Waals surface area contributed by atoms with E-state index < -0.39 is 20.2 Å². The van der Waals surface area contributed by atoms with Crippen LogP contribution in [0.25, 0.3) is 0 Å². The number of hydrogen-bond donors (Lipinski definition) is 2. The molecule has 0 aliphatic carbocycles. The molecule has 6 nitrogen and oxygen atoms in total. The minimum Gasteiger partial charge on any atom is -0.286 e. The second-order valence-electron chi connectivity index (χ2n) is 2.16. The Morgan fingerprint density at radius 2 is 1.23 bits per heavy atom. The quantitative estimate of drug-likeness (QED) is 0.674. The van der Waals surface area contributed by atoms with E-state index in [1.165, 1.54) is 6.92 Å². The number of hydrogen-bond acceptors (Lipinski definition) is 4. The molecule has 0 rings (SSSR count). The van der Waals surface area contributed by atoms with Crippen LogP contribution in [0.15, 0.2) is 0 Å². The molecule has 0 spiro atoms. The summed E-state index contributed by atoms with van der Waals surface area (Å²) in [5.41, 5.74) is 0. The predicted octanol–water partition coefficient (Wildman–Crippen LogP) is 0.178. The molecule has 0 saturated heterocycles. The predicted molar refractivity (Wildman–Crippen MR) is 48.8 cm³/mol. The van der Waals surface area contributed by atoms with Gasteiger partial charge in [0.1, 0.15) is 0 Å². The molecular weight excluding hydrogens is 220 g/mol. The van der Waals surface area contributed by atoms with Gasteiger partial charge in [-0.25, -0.2) is 0 Å². The standard InChI is InChI=1S/C3H8O3S.C2H6O3S/c1-2-3-7(4,5)6;1-2-6(3,4)5/h2-3H2,1H3,(H,4,5,6);2H2,1H3,(H,3,4,5). The Labute approximate surface area is 78.5 Å². The van der Waals surface area contributed by atoms with Gasteiger partial charge in [-0.2, -0.15) is 16.8 Å². The van der Waals surface area contributed by atoms with Gasteiger partial charge in [0.25, 0.3) is 20.2 Å². The van der Waals surface area contributed by atoms with Crippen molar-refractivity contribution in [3.8, 4) is 0 Å². The van der Waals surface area contributed by atoms with Crippen molar-refractivity contribution in [2.45, 2.75) is 20.3 Å². The first kappa shape index (κ1) is 15.3. The summed E-state index contributed by atoms with van der Waals surface area (Å²) in [6.07, 6.45) is 0.471. The molecule has 2 N–H and O–H groups in total. The van der Waals surface area contributed by atoms with Crippen LogP contribution in [0.4, 0.5) is 0 Å². The summed E-state index contributed by atoms with van der Waals surface area (Å²) in [6.45, 7) is 3.06. The van der Waals surface area contributed by atoms with Gasteiger partial charge in [-0.3, -0.25) is 9.11 Å². The molecule has 0 bridgehead atoms. The fourth-order valence-electron chi connectivity index (χ4n) is 0.258. The van der Waals surface area contributed by atoms with Crippen molar-refractivity contribution in [3.63, 3.8) is 0 Å². The molecule has 82 valence electrons. The van der Waals surface area contributed by atoms with E-state index in [4.69, 9.17) is 9.11 Å². The molecular formula is C5H14O6S2. The largest absolute Gasteiger partial charge is 0.286 e. The van der Waals surface area contributed by atoms with Crippen LogP contribution in [0, 0.1) is 0 Å². The van der Waals surface area contributed by atoms with E-state index in [1.54, 1.807) is 6.92 Å². The Morgan fingerprint density at radius 1 is 0.923 bits per heavy atom. The number of rotatable bonds is 3. The zero-order valence-electron chi connectivity index (χ0n) is 7.47. The Morgan fingerprint density at radius 3 is 1.23 bits per heavy atom. The van der Waals surface area contributed by atoms with Crippen molar-refractivity contribution in [2.24, 2.45) is 0 Å². The smallest absolute Gasteiger partial charge is 0.264 e. The van der Waals surface area contributed by atoms with Gasteiger partial charge in [-0.1, -0.05) is 6.92 Å². The molecule has 0 aromatic carbocycles. The first-order valence-corrected chi connectivity index (χ1v) is 6.74. The summed E-state index contributed by atoms with van der Waals surface area (Å²) in [4.78, 5) is 0. The average Bonchev–Trinajstić information content (AvgIpc) is 1.84. The third-order valence-electron chi connectivity index (χ3n) is 0.827. The maximum Gasteiger partial charge on any atom is 0.264 e. The molecule has 0 aromatic rings. The van der Waals surface area contributed by atoms with E-state index in [9.17, 15) is 16.8 Å². The molecule has 0 heterocycles.